The quantitative estimate of drug-likeness (QED) is 0.730. The molecule has 3 aliphatic heterocycles. The summed E-state index contributed by atoms with van der Waals surface area (Å²) in [6, 6.07) is 22.5. The molecular weight excluding hydrogens is 364 g/mol. The summed E-state index contributed by atoms with van der Waals surface area (Å²) in [5.41, 5.74) is 5.52. The molecule has 0 spiro atoms. The van der Waals surface area contributed by atoms with Gasteiger partial charge in [0.1, 0.15) is 6.17 Å². The molecule has 1 amide bonds. The minimum Gasteiger partial charge on any atom is -0.454 e. The lowest BCUT2D eigenvalue weighted by Crippen LogP contribution is -2.57. The number of anilines is 1. The first kappa shape index (κ1) is 16.5. The molecule has 3 aliphatic rings. The van der Waals surface area contributed by atoms with Crippen LogP contribution in [0.1, 0.15) is 33.0 Å². The van der Waals surface area contributed by atoms with E-state index in [0.29, 0.717) is 0 Å². The van der Waals surface area contributed by atoms with Crippen molar-refractivity contribution in [2.45, 2.75) is 25.0 Å². The van der Waals surface area contributed by atoms with Gasteiger partial charge in [-0.05, 0) is 47.4 Å². The number of nitrogens with zero attached hydrogens (tertiary/aromatic N) is 1. The highest BCUT2D eigenvalue weighted by Gasteiger charge is 2.40. The maximum absolute atomic E-state index is 12.8. The second-order valence-electron chi connectivity index (χ2n) is 7.76. The van der Waals surface area contributed by atoms with E-state index in [1.165, 1.54) is 16.7 Å². The molecule has 5 nitrogen and oxygen atoms in total. The highest BCUT2D eigenvalue weighted by molar-refractivity contribution is 6.02. The van der Waals surface area contributed by atoms with Crippen LogP contribution in [-0.2, 0) is 13.0 Å². The van der Waals surface area contributed by atoms with Gasteiger partial charge in [0, 0.05) is 12.5 Å². The van der Waals surface area contributed by atoms with Crippen molar-refractivity contribution in [3.8, 4) is 11.5 Å². The van der Waals surface area contributed by atoms with E-state index < -0.39 is 0 Å². The van der Waals surface area contributed by atoms with Crippen LogP contribution in [0.2, 0.25) is 0 Å². The molecule has 144 valence electrons. The number of para-hydroxylation sites is 1. The molecule has 0 aliphatic carbocycles. The summed E-state index contributed by atoms with van der Waals surface area (Å²) in [7, 11) is 0. The molecule has 29 heavy (non-hydrogen) atoms. The molecule has 0 saturated heterocycles. The average molecular weight is 384 g/mol. The number of benzene rings is 3. The summed E-state index contributed by atoms with van der Waals surface area (Å²) in [6.07, 6.45) is 0.717. The zero-order valence-corrected chi connectivity index (χ0v) is 15.8. The van der Waals surface area contributed by atoms with Gasteiger partial charge in [0.05, 0.1) is 11.3 Å². The molecule has 3 aromatic carbocycles. The van der Waals surface area contributed by atoms with Gasteiger partial charge in [0.25, 0.3) is 5.91 Å². The number of hydrogen-bond donors (Lipinski definition) is 1. The van der Waals surface area contributed by atoms with Crippen LogP contribution in [0, 0.1) is 0 Å². The largest absolute Gasteiger partial charge is 0.454 e. The Morgan fingerprint density at radius 1 is 0.966 bits per heavy atom. The fourth-order valence-electron chi connectivity index (χ4n) is 4.79. The van der Waals surface area contributed by atoms with Gasteiger partial charge in [-0.25, -0.2) is 0 Å². The second-order valence-corrected chi connectivity index (χ2v) is 7.76. The molecule has 0 aromatic heterocycles. The molecule has 5 heteroatoms. The van der Waals surface area contributed by atoms with Crippen molar-refractivity contribution in [3.05, 3.63) is 89.0 Å². The molecule has 3 aromatic rings. The van der Waals surface area contributed by atoms with Gasteiger partial charge in [-0.1, -0.05) is 42.5 Å². The molecule has 0 saturated carbocycles. The standard InChI is InChI=1S/C24H20N2O3/c27-24-18-7-3-4-8-20(18)26-13-16-5-1-2-6-17(16)19(23(26)25-24)11-15-9-10-21-22(12-15)29-14-28-21/h1-10,12,19,23H,11,13-14H2,(H,25,27). The minimum atomic E-state index is -0.0854. The Labute approximate surface area is 168 Å². The third kappa shape index (κ3) is 2.58. The molecule has 2 atom stereocenters. The summed E-state index contributed by atoms with van der Waals surface area (Å²) in [6.45, 7) is 1.06. The van der Waals surface area contributed by atoms with Gasteiger partial charge in [0.15, 0.2) is 11.5 Å². The fourth-order valence-corrected chi connectivity index (χ4v) is 4.79. The average Bonchev–Trinajstić information content (AvgIpc) is 3.22. The van der Waals surface area contributed by atoms with Gasteiger partial charge < -0.3 is 19.7 Å². The highest BCUT2D eigenvalue weighted by atomic mass is 16.7. The maximum Gasteiger partial charge on any atom is 0.254 e. The van der Waals surface area contributed by atoms with E-state index in [1.807, 2.05) is 30.3 Å². The van der Waals surface area contributed by atoms with Crippen molar-refractivity contribution in [2.75, 3.05) is 11.7 Å². The van der Waals surface area contributed by atoms with E-state index in [-0.39, 0.29) is 24.8 Å². The number of rotatable bonds is 2. The van der Waals surface area contributed by atoms with Crippen molar-refractivity contribution in [1.29, 1.82) is 0 Å². The van der Waals surface area contributed by atoms with Crippen LogP contribution < -0.4 is 19.7 Å². The van der Waals surface area contributed by atoms with E-state index in [2.05, 4.69) is 46.6 Å². The molecule has 1 N–H and O–H groups in total. The normalized spacial score (nSPS) is 21.1. The van der Waals surface area contributed by atoms with Crippen LogP contribution in [0.5, 0.6) is 11.5 Å². The Morgan fingerprint density at radius 3 is 2.76 bits per heavy atom. The Hall–Kier alpha value is -3.47. The summed E-state index contributed by atoms with van der Waals surface area (Å²) in [5.74, 6) is 1.72. The number of fused-ring (bicyclic) bond motifs is 5. The van der Waals surface area contributed by atoms with E-state index >= 15 is 0 Å². The van der Waals surface area contributed by atoms with Crippen LogP contribution in [0.4, 0.5) is 5.69 Å². The minimum absolute atomic E-state index is 0.00285. The predicted octanol–water partition coefficient (Wildman–Crippen LogP) is 3.83. The zero-order chi connectivity index (χ0) is 19.4. The van der Waals surface area contributed by atoms with Crippen molar-refractivity contribution in [2.24, 2.45) is 0 Å². The molecule has 6 rings (SSSR count). The van der Waals surface area contributed by atoms with Gasteiger partial charge in [-0.3, -0.25) is 4.79 Å². The van der Waals surface area contributed by atoms with Gasteiger partial charge >= 0.3 is 0 Å². The van der Waals surface area contributed by atoms with Crippen LogP contribution in [-0.4, -0.2) is 18.9 Å². The van der Waals surface area contributed by atoms with Crippen LogP contribution in [0.3, 0.4) is 0 Å². The first-order valence-corrected chi connectivity index (χ1v) is 9.91. The van der Waals surface area contributed by atoms with E-state index in [9.17, 15) is 4.79 Å². The van der Waals surface area contributed by atoms with Gasteiger partial charge in [-0.15, -0.1) is 0 Å². The Balaban J connectivity index is 1.44. The fraction of sp³-hybridized carbons (Fsp3) is 0.208. The maximum atomic E-state index is 12.8. The number of amides is 1. The Kier molecular flexibility index (Phi) is 3.57. The monoisotopic (exact) mass is 384 g/mol. The third-order valence-electron chi connectivity index (χ3n) is 6.14. The van der Waals surface area contributed by atoms with Crippen LogP contribution >= 0.6 is 0 Å². The third-order valence-corrected chi connectivity index (χ3v) is 6.14. The van der Waals surface area contributed by atoms with E-state index in [0.717, 1.165) is 35.7 Å². The number of carbonyl (C=O) groups is 1. The Bertz CT molecular complexity index is 1130. The molecule has 3 heterocycles. The topological polar surface area (TPSA) is 50.8 Å². The van der Waals surface area contributed by atoms with Crippen molar-refractivity contribution < 1.29 is 14.3 Å². The summed E-state index contributed by atoms with van der Waals surface area (Å²) in [5, 5.41) is 3.27. The molecule has 0 radical (unpaired) electrons. The second kappa shape index (κ2) is 6.27. The number of hydrogen-bond acceptors (Lipinski definition) is 4. The molecule has 0 bridgehead atoms. The molecule has 0 fully saturated rings. The van der Waals surface area contributed by atoms with Crippen molar-refractivity contribution in [3.63, 3.8) is 0 Å². The first-order chi connectivity index (χ1) is 14.3. The lowest BCUT2D eigenvalue weighted by atomic mass is 9.81. The van der Waals surface area contributed by atoms with Gasteiger partial charge in [0.2, 0.25) is 6.79 Å². The lowest BCUT2D eigenvalue weighted by Gasteiger charge is -2.47. The van der Waals surface area contributed by atoms with Crippen molar-refractivity contribution in [1.82, 2.24) is 5.32 Å². The van der Waals surface area contributed by atoms with Crippen molar-refractivity contribution >= 4 is 11.6 Å². The van der Waals surface area contributed by atoms with Crippen LogP contribution in [0.25, 0.3) is 0 Å². The number of ether oxygens (including phenoxy) is 2. The number of nitrogens with one attached hydrogen (secondary N) is 1. The highest BCUT2D eigenvalue weighted by Crippen LogP contribution is 2.41. The summed E-state index contributed by atoms with van der Waals surface area (Å²) >= 11 is 0. The SMILES string of the molecule is O=C1NC2C(Cc3ccc4c(c3)OCO4)c3ccccc3CN2c2ccccc21. The van der Waals surface area contributed by atoms with E-state index in [1.54, 1.807) is 0 Å². The van der Waals surface area contributed by atoms with E-state index in [4.69, 9.17) is 9.47 Å². The van der Waals surface area contributed by atoms with Gasteiger partial charge in [-0.2, -0.15) is 0 Å². The summed E-state index contributed by atoms with van der Waals surface area (Å²) in [4.78, 5) is 15.2. The lowest BCUT2D eigenvalue weighted by molar-refractivity contribution is 0.0915. The first-order valence-electron chi connectivity index (χ1n) is 9.91. The number of carbonyl (C=O) groups excluding carboxylic acids is 1. The van der Waals surface area contributed by atoms with Crippen LogP contribution in [0.15, 0.2) is 66.7 Å². The zero-order valence-electron chi connectivity index (χ0n) is 15.8. The predicted molar refractivity (Wildman–Crippen MR) is 109 cm³/mol. The summed E-state index contributed by atoms with van der Waals surface area (Å²) < 4.78 is 11.0. The molecule has 2 unspecified atom stereocenters. The smallest absolute Gasteiger partial charge is 0.254 e. The Morgan fingerprint density at radius 2 is 1.79 bits per heavy atom. The molecular formula is C24H20N2O3.